The van der Waals surface area contributed by atoms with E-state index in [-0.39, 0.29) is 17.9 Å². The molecule has 0 aliphatic heterocycles. The molecule has 0 aromatic heterocycles. The zero-order chi connectivity index (χ0) is 22.1. The second-order valence-corrected chi connectivity index (χ2v) is 8.73. The van der Waals surface area contributed by atoms with Crippen molar-refractivity contribution in [2.75, 3.05) is 0 Å². The van der Waals surface area contributed by atoms with Crippen molar-refractivity contribution in [1.29, 1.82) is 0 Å². The topological polar surface area (TPSA) is 49.4 Å². The molecule has 0 saturated carbocycles. The lowest BCUT2D eigenvalue weighted by Gasteiger charge is -2.30. The number of nitrogens with zero attached hydrogens (tertiary/aromatic N) is 1. The first-order chi connectivity index (χ1) is 14.3. The van der Waals surface area contributed by atoms with Crippen molar-refractivity contribution < 1.29 is 9.59 Å². The van der Waals surface area contributed by atoms with E-state index in [1.807, 2.05) is 45.0 Å². The molecule has 0 aliphatic rings. The fourth-order valence-corrected chi connectivity index (χ4v) is 3.44. The number of amides is 2. The molecule has 2 rings (SSSR count). The van der Waals surface area contributed by atoms with Crippen LogP contribution in [0.1, 0.15) is 57.2 Å². The van der Waals surface area contributed by atoms with Gasteiger partial charge in [-0.2, -0.15) is 0 Å². The van der Waals surface area contributed by atoms with E-state index in [2.05, 4.69) is 52.4 Å². The molecule has 0 heterocycles. The summed E-state index contributed by atoms with van der Waals surface area (Å²) in [6.07, 6.45) is 2.90. The van der Waals surface area contributed by atoms with Gasteiger partial charge in [0.05, 0.1) is 0 Å². The zero-order valence-electron chi connectivity index (χ0n) is 18.5. The van der Waals surface area contributed by atoms with Crippen LogP contribution in [0.25, 0.3) is 0 Å². The molecule has 0 spiro atoms. The number of carbonyl (C=O) groups is 2. The maximum Gasteiger partial charge on any atom is 0.242 e. The summed E-state index contributed by atoms with van der Waals surface area (Å²) in [7, 11) is 0. The summed E-state index contributed by atoms with van der Waals surface area (Å²) in [5.41, 5.74) is 3.43. The number of hydrogen-bond donors (Lipinski definition) is 1. The molecule has 2 aromatic carbocycles. The lowest BCUT2D eigenvalue weighted by molar-refractivity contribution is -0.140. The Morgan fingerprint density at radius 1 is 0.933 bits per heavy atom. The van der Waals surface area contributed by atoms with Crippen molar-refractivity contribution in [2.45, 2.75) is 72.0 Å². The third kappa shape index (κ3) is 7.28. The van der Waals surface area contributed by atoms with Crippen LogP contribution < -0.4 is 5.32 Å². The van der Waals surface area contributed by atoms with Crippen molar-refractivity contribution in [1.82, 2.24) is 10.2 Å². The third-order valence-electron chi connectivity index (χ3n) is 5.49. The SMILES string of the molecule is CCc1ccc(CCC(=O)N(Cc2ccc(Br)cc2)[C@@H](C)C(=O)N[C@@H](C)CC)cc1. The van der Waals surface area contributed by atoms with Crippen molar-refractivity contribution in [2.24, 2.45) is 0 Å². The molecule has 2 atom stereocenters. The predicted molar refractivity (Wildman–Crippen MR) is 126 cm³/mol. The number of carbonyl (C=O) groups excluding carboxylic acids is 2. The number of hydrogen-bond acceptors (Lipinski definition) is 2. The van der Waals surface area contributed by atoms with Gasteiger partial charge in [-0.3, -0.25) is 9.59 Å². The number of rotatable bonds is 10. The van der Waals surface area contributed by atoms with E-state index in [1.54, 1.807) is 4.90 Å². The van der Waals surface area contributed by atoms with Gasteiger partial charge in [0.25, 0.3) is 0 Å². The largest absolute Gasteiger partial charge is 0.352 e. The predicted octanol–water partition coefficient (Wildman–Crippen LogP) is 5.28. The Hall–Kier alpha value is -2.14. The summed E-state index contributed by atoms with van der Waals surface area (Å²) < 4.78 is 0.988. The third-order valence-corrected chi connectivity index (χ3v) is 6.02. The Labute approximate surface area is 189 Å². The van der Waals surface area contributed by atoms with Crippen LogP contribution in [0.4, 0.5) is 0 Å². The van der Waals surface area contributed by atoms with E-state index in [1.165, 1.54) is 5.56 Å². The molecule has 1 N–H and O–H groups in total. The average molecular weight is 473 g/mol. The Balaban J connectivity index is 2.12. The van der Waals surface area contributed by atoms with Gasteiger partial charge < -0.3 is 10.2 Å². The van der Waals surface area contributed by atoms with Crippen LogP contribution in [-0.2, 0) is 29.0 Å². The first-order valence-electron chi connectivity index (χ1n) is 10.8. The maximum absolute atomic E-state index is 13.1. The Morgan fingerprint density at radius 3 is 2.07 bits per heavy atom. The monoisotopic (exact) mass is 472 g/mol. The molecular formula is C25H33BrN2O2. The second-order valence-electron chi connectivity index (χ2n) is 7.81. The highest BCUT2D eigenvalue weighted by molar-refractivity contribution is 9.10. The van der Waals surface area contributed by atoms with Gasteiger partial charge in [0.15, 0.2) is 0 Å². The number of nitrogens with one attached hydrogen (secondary N) is 1. The lowest BCUT2D eigenvalue weighted by atomic mass is 10.0. The lowest BCUT2D eigenvalue weighted by Crippen LogP contribution is -2.49. The minimum absolute atomic E-state index is 0.00992. The summed E-state index contributed by atoms with van der Waals surface area (Å²) >= 11 is 3.44. The first kappa shape index (κ1) is 24.1. The Morgan fingerprint density at radius 2 is 1.50 bits per heavy atom. The van der Waals surface area contributed by atoms with Gasteiger partial charge in [-0.05, 0) is 61.9 Å². The van der Waals surface area contributed by atoms with Gasteiger partial charge in [0.2, 0.25) is 11.8 Å². The van der Waals surface area contributed by atoms with Gasteiger partial charge in [-0.1, -0.05) is 66.2 Å². The fraction of sp³-hybridized carbons (Fsp3) is 0.440. The van der Waals surface area contributed by atoms with Crippen LogP contribution in [0.3, 0.4) is 0 Å². The molecule has 0 radical (unpaired) electrons. The van der Waals surface area contributed by atoms with Crippen molar-refractivity contribution in [3.05, 3.63) is 69.7 Å². The molecule has 162 valence electrons. The van der Waals surface area contributed by atoms with Crippen molar-refractivity contribution in [3.8, 4) is 0 Å². The van der Waals surface area contributed by atoms with Crippen LogP contribution in [0.2, 0.25) is 0 Å². The van der Waals surface area contributed by atoms with Crippen LogP contribution in [-0.4, -0.2) is 28.8 Å². The summed E-state index contributed by atoms with van der Waals surface area (Å²) in [6, 6.07) is 15.8. The second kappa shape index (κ2) is 11.9. The maximum atomic E-state index is 13.1. The highest BCUT2D eigenvalue weighted by atomic mass is 79.9. The van der Waals surface area contributed by atoms with Gasteiger partial charge in [-0.15, -0.1) is 0 Å². The zero-order valence-corrected chi connectivity index (χ0v) is 20.0. The first-order valence-corrected chi connectivity index (χ1v) is 11.5. The van der Waals surface area contributed by atoms with Gasteiger partial charge in [0.1, 0.15) is 6.04 Å². The smallest absolute Gasteiger partial charge is 0.242 e. The summed E-state index contributed by atoms with van der Waals surface area (Å²) in [6.45, 7) is 8.36. The molecule has 0 unspecified atom stereocenters. The van der Waals surface area contributed by atoms with Crippen molar-refractivity contribution in [3.63, 3.8) is 0 Å². The molecule has 0 aliphatic carbocycles. The molecular weight excluding hydrogens is 440 g/mol. The molecule has 0 saturated heterocycles. The number of benzene rings is 2. The summed E-state index contributed by atoms with van der Waals surface area (Å²) in [5, 5.41) is 3.01. The molecule has 0 fully saturated rings. The van der Waals surface area contributed by atoms with E-state index in [4.69, 9.17) is 0 Å². The Bertz CT molecular complexity index is 818. The van der Waals surface area contributed by atoms with Gasteiger partial charge >= 0.3 is 0 Å². The standard InChI is InChI=1S/C25H33BrN2O2/c1-5-18(3)27-25(30)19(4)28(17-22-11-14-23(26)15-12-22)24(29)16-13-21-9-7-20(6-2)8-10-21/h7-12,14-15,18-19H,5-6,13,16-17H2,1-4H3,(H,27,30)/t18-,19-/m0/s1. The van der Waals surface area contributed by atoms with Gasteiger partial charge in [-0.25, -0.2) is 0 Å². The Kier molecular flexibility index (Phi) is 9.57. The van der Waals surface area contributed by atoms with Crippen LogP contribution in [0.5, 0.6) is 0 Å². The minimum atomic E-state index is -0.530. The molecule has 4 nitrogen and oxygen atoms in total. The number of aryl methyl sites for hydroxylation is 2. The summed E-state index contributed by atoms with van der Waals surface area (Å²) in [5.74, 6) is -0.119. The molecule has 30 heavy (non-hydrogen) atoms. The molecule has 0 bridgehead atoms. The van der Waals surface area contributed by atoms with E-state index in [0.717, 1.165) is 28.4 Å². The van der Waals surface area contributed by atoms with Gasteiger partial charge in [0, 0.05) is 23.5 Å². The normalized spacial score (nSPS) is 12.8. The van der Waals surface area contributed by atoms with Crippen LogP contribution >= 0.6 is 15.9 Å². The van der Waals surface area contributed by atoms with E-state index in [9.17, 15) is 9.59 Å². The molecule has 2 aromatic rings. The fourth-order valence-electron chi connectivity index (χ4n) is 3.17. The van der Waals surface area contributed by atoms with Crippen molar-refractivity contribution >= 4 is 27.7 Å². The van der Waals surface area contributed by atoms with E-state index in [0.29, 0.717) is 19.4 Å². The van der Waals surface area contributed by atoms with Crippen LogP contribution in [0.15, 0.2) is 53.0 Å². The summed E-state index contributed by atoms with van der Waals surface area (Å²) in [4.78, 5) is 27.6. The highest BCUT2D eigenvalue weighted by Crippen LogP contribution is 2.16. The van der Waals surface area contributed by atoms with E-state index < -0.39 is 6.04 Å². The highest BCUT2D eigenvalue weighted by Gasteiger charge is 2.26. The molecule has 2 amide bonds. The molecule has 5 heteroatoms. The van der Waals surface area contributed by atoms with E-state index >= 15 is 0 Å². The quantitative estimate of drug-likeness (QED) is 0.511. The minimum Gasteiger partial charge on any atom is -0.352 e. The van der Waals surface area contributed by atoms with Crippen LogP contribution in [0, 0.1) is 0 Å². The number of halogens is 1. The average Bonchev–Trinajstić information content (AvgIpc) is 2.76.